The van der Waals surface area contributed by atoms with E-state index < -0.39 is 8.32 Å². The quantitative estimate of drug-likeness (QED) is 0.280. The molecule has 1 heterocycles. The first kappa shape index (κ1) is 25.4. The lowest BCUT2D eigenvalue weighted by atomic mass is 9.95. The third-order valence-corrected chi connectivity index (χ3v) is 11.3. The van der Waals surface area contributed by atoms with Gasteiger partial charge in [0, 0.05) is 17.5 Å². The van der Waals surface area contributed by atoms with Crippen molar-refractivity contribution < 1.29 is 8.84 Å². The van der Waals surface area contributed by atoms with Gasteiger partial charge in [-0.1, -0.05) is 77.8 Å². The highest BCUT2D eigenvalue weighted by molar-refractivity contribution is 6.74. The van der Waals surface area contributed by atoms with Gasteiger partial charge in [0.2, 0.25) is 8.32 Å². The van der Waals surface area contributed by atoms with E-state index in [4.69, 9.17) is 8.84 Å². The maximum Gasteiger partial charge on any atom is 0.250 e. The van der Waals surface area contributed by atoms with Crippen LogP contribution in [0.25, 0.3) is 11.3 Å². The molecule has 3 aromatic rings. The van der Waals surface area contributed by atoms with E-state index in [2.05, 4.69) is 102 Å². The van der Waals surface area contributed by atoms with Crippen LogP contribution in [-0.2, 0) is 25.7 Å². The molecule has 0 atom stereocenters. The Labute approximate surface area is 202 Å². The summed E-state index contributed by atoms with van der Waals surface area (Å²) in [5, 5.41) is 0.184. The summed E-state index contributed by atoms with van der Waals surface area (Å²) in [7, 11) is -1.85. The first-order chi connectivity index (χ1) is 15.7. The summed E-state index contributed by atoms with van der Waals surface area (Å²) >= 11 is 0. The molecular formula is C30H42O2Si. The highest BCUT2D eigenvalue weighted by atomic mass is 28.4. The lowest BCUT2D eigenvalue weighted by Gasteiger charge is -2.36. The summed E-state index contributed by atoms with van der Waals surface area (Å²) in [6.45, 7) is 15.9. The van der Waals surface area contributed by atoms with Crippen LogP contribution in [0.5, 0.6) is 5.75 Å². The van der Waals surface area contributed by atoms with Gasteiger partial charge in [0.25, 0.3) is 0 Å². The van der Waals surface area contributed by atoms with Crippen LogP contribution in [0.4, 0.5) is 0 Å². The number of aryl methyl sites for hydroxylation is 2. The van der Waals surface area contributed by atoms with Crippen molar-refractivity contribution in [1.29, 1.82) is 0 Å². The lowest BCUT2D eigenvalue weighted by molar-refractivity contribution is 0.492. The summed E-state index contributed by atoms with van der Waals surface area (Å²) in [6.07, 6.45) is 6.34. The fourth-order valence-corrected chi connectivity index (χ4v) is 5.10. The minimum Gasteiger partial charge on any atom is -0.544 e. The normalized spacial score (nSPS) is 12.2. The number of hydrogen-bond donors (Lipinski definition) is 0. The largest absolute Gasteiger partial charge is 0.544 e. The zero-order valence-corrected chi connectivity index (χ0v) is 22.8. The van der Waals surface area contributed by atoms with Gasteiger partial charge in [-0.2, -0.15) is 0 Å². The average Bonchev–Trinajstić information content (AvgIpc) is 3.10. The van der Waals surface area contributed by atoms with Gasteiger partial charge in [0.05, 0.1) is 0 Å². The number of benzene rings is 2. The average molecular weight is 463 g/mol. The van der Waals surface area contributed by atoms with Crippen molar-refractivity contribution in [2.24, 2.45) is 0 Å². The Balaban J connectivity index is 1.91. The van der Waals surface area contributed by atoms with Gasteiger partial charge >= 0.3 is 0 Å². The van der Waals surface area contributed by atoms with E-state index in [0.29, 0.717) is 0 Å². The maximum atomic E-state index is 6.62. The predicted molar refractivity (Wildman–Crippen MR) is 144 cm³/mol. The predicted octanol–water partition coefficient (Wildman–Crippen LogP) is 9.02. The van der Waals surface area contributed by atoms with E-state index in [1.54, 1.807) is 0 Å². The first-order valence-electron chi connectivity index (χ1n) is 12.6. The number of hydrogen-bond acceptors (Lipinski definition) is 2. The van der Waals surface area contributed by atoms with Crippen molar-refractivity contribution in [1.82, 2.24) is 0 Å². The molecule has 0 fully saturated rings. The van der Waals surface area contributed by atoms with Crippen LogP contribution in [0.1, 0.15) is 69.9 Å². The van der Waals surface area contributed by atoms with E-state index in [0.717, 1.165) is 55.6 Å². The van der Waals surface area contributed by atoms with Crippen LogP contribution in [-0.4, -0.2) is 8.32 Å². The van der Waals surface area contributed by atoms with Gasteiger partial charge in [-0.3, -0.25) is 0 Å². The second-order valence-corrected chi connectivity index (χ2v) is 15.4. The van der Waals surface area contributed by atoms with Gasteiger partial charge in [0.15, 0.2) is 0 Å². The summed E-state index contributed by atoms with van der Waals surface area (Å²) in [4.78, 5) is 0. The van der Waals surface area contributed by atoms with Crippen molar-refractivity contribution in [3.8, 4) is 17.1 Å². The minimum absolute atomic E-state index is 0.184. The van der Waals surface area contributed by atoms with E-state index >= 15 is 0 Å². The molecule has 0 spiro atoms. The van der Waals surface area contributed by atoms with Gasteiger partial charge in [-0.25, -0.2) is 0 Å². The zero-order chi connectivity index (χ0) is 24.1. The third-order valence-electron chi connectivity index (χ3n) is 6.98. The molecule has 3 rings (SSSR count). The van der Waals surface area contributed by atoms with E-state index in [1.807, 2.05) is 0 Å². The van der Waals surface area contributed by atoms with Crippen molar-refractivity contribution in [3.63, 3.8) is 0 Å². The highest BCUT2D eigenvalue weighted by Crippen LogP contribution is 2.39. The molecule has 178 valence electrons. The van der Waals surface area contributed by atoms with Gasteiger partial charge in [-0.15, -0.1) is 0 Å². The van der Waals surface area contributed by atoms with Crippen LogP contribution in [0.15, 0.2) is 59.0 Å². The minimum atomic E-state index is -1.85. The second-order valence-electron chi connectivity index (χ2n) is 10.7. The SMILES string of the molecule is CCCc1c(CCc2ccccc2)oc(-c2ccc(O[Si](C)(C)C(C)(C)C)cc2)c1CCC. The van der Waals surface area contributed by atoms with Crippen LogP contribution in [0, 0.1) is 0 Å². The van der Waals surface area contributed by atoms with Crippen molar-refractivity contribution in [2.45, 2.75) is 91.3 Å². The third kappa shape index (κ3) is 6.20. The lowest BCUT2D eigenvalue weighted by Crippen LogP contribution is -2.43. The molecule has 0 bridgehead atoms. The zero-order valence-electron chi connectivity index (χ0n) is 21.8. The van der Waals surface area contributed by atoms with Gasteiger partial charge < -0.3 is 8.84 Å². The Hall–Kier alpha value is -2.26. The fourth-order valence-electron chi connectivity index (χ4n) is 4.07. The Morgan fingerprint density at radius 3 is 1.94 bits per heavy atom. The highest BCUT2D eigenvalue weighted by Gasteiger charge is 2.39. The van der Waals surface area contributed by atoms with Crippen molar-refractivity contribution >= 4 is 8.32 Å². The monoisotopic (exact) mass is 462 g/mol. The molecule has 0 aliphatic heterocycles. The summed E-state index contributed by atoms with van der Waals surface area (Å²) in [6, 6.07) is 19.3. The van der Waals surface area contributed by atoms with Gasteiger partial charge in [-0.05, 0) is 72.8 Å². The summed E-state index contributed by atoms with van der Waals surface area (Å²) in [5.74, 6) is 3.19. The molecule has 0 amide bonds. The Bertz CT molecular complexity index is 1010. The fraction of sp³-hybridized carbons (Fsp3) is 0.467. The van der Waals surface area contributed by atoms with Crippen LogP contribution in [0.2, 0.25) is 18.1 Å². The van der Waals surface area contributed by atoms with Gasteiger partial charge in [0.1, 0.15) is 17.3 Å². The molecule has 2 nitrogen and oxygen atoms in total. The molecule has 1 aromatic heterocycles. The second kappa shape index (κ2) is 10.8. The molecule has 0 saturated carbocycles. The molecule has 0 aliphatic rings. The molecular weight excluding hydrogens is 420 g/mol. The standard InChI is InChI=1S/C30H42O2Si/c1-8-13-26-27(14-9-2)29(31-28(26)22-17-23-15-11-10-12-16-23)24-18-20-25(21-19-24)32-33(6,7)30(3,4)5/h10-12,15-16,18-21H,8-9,13-14,17,22H2,1-7H3. The Morgan fingerprint density at radius 1 is 0.758 bits per heavy atom. The molecule has 3 heteroatoms. The van der Waals surface area contributed by atoms with E-state index in [-0.39, 0.29) is 5.04 Å². The Morgan fingerprint density at radius 2 is 1.36 bits per heavy atom. The van der Waals surface area contributed by atoms with Crippen molar-refractivity contribution in [2.75, 3.05) is 0 Å². The van der Waals surface area contributed by atoms with Crippen LogP contribution in [0.3, 0.4) is 0 Å². The molecule has 0 N–H and O–H groups in total. The first-order valence-corrected chi connectivity index (χ1v) is 15.5. The topological polar surface area (TPSA) is 22.4 Å². The molecule has 2 aromatic carbocycles. The number of furan rings is 1. The Kier molecular flexibility index (Phi) is 8.28. The number of rotatable bonds is 10. The smallest absolute Gasteiger partial charge is 0.250 e. The molecule has 0 aliphatic carbocycles. The van der Waals surface area contributed by atoms with Crippen LogP contribution < -0.4 is 4.43 Å². The van der Waals surface area contributed by atoms with Crippen molar-refractivity contribution in [3.05, 3.63) is 77.0 Å². The summed E-state index contributed by atoms with van der Waals surface area (Å²) < 4.78 is 13.1. The summed E-state index contributed by atoms with van der Waals surface area (Å²) in [5.41, 5.74) is 5.36. The van der Waals surface area contributed by atoms with E-state index in [1.165, 1.54) is 22.5 Å². The molecule has 0 radical (unpaired) electrons. The molecule has 0 unspecified atom stereocenters. The molecule has 0 saturated heterocycles. The molecule has 33 heavy (non-hydrogen) atoms. The van der Waals surface area contributed by atoms with Crippen LogP contribution >= 0.6 is 0 Å². The van der Waals surface area contributed by atoms with E-state index in [9.17, 15) is 0 Å². The maximum absolute atomic E-state index is 6.62.